The zero-order chi connectivity index (χ0) is 30.3. The monoisotopic (exact) mass is 609 g/mol. The molecule has 1 atom stereocenters. The molecule has 0 heterocycles. The van der Waals surface area contributed by atoms with Gasteiger partial charge in [-0.25, -0.2) is 8.42 Å². The molecule has 1 saturated carbocycles. The number of hydrogen-bond donors (Lipinski definition) is 1. The molecule has 1 aliphatic carbocycles. The van der Waals surface area contributed by atoms with Crippen LogP contribution in [0, 0.1) is 13.8 Å². The number of carbonyl (C=O) groups is 2. The third-order valence-corrected chi connectivity index (χ3v) is 9.18. The van der Waals surface area contributed by atoms with Crippen molar-refractivity contribution < 1.29 is 18.0 Å². The van der Waals surface area contributed by atoms with Crippen LogP contribution in [0.25, 0.3) is 0 Å². The highest BCUT2D eigenvalue weighted by Crippen LogP contribution is 2.28. The van der Waals surface area contributed by atoms with Crippen LogP contribution in [0.1, 0.15) is 54.4 Å². The number of benzene rings is 3. The van der Waals surface area contributed by atoms with Crippen LogP contribution in [0.4, 0.5) is 5.69 Å². The summed E-state index contributed by atoms with van der Waals surface area (Å²) < 4.78 is 27.4. The van der Waals surface area contributed by atoms with Crippen LogP contribution in [0.5, 0.6) is 0 Å². The van der Waals surface area contributed by atoms with E-state index in [4.69, 9.17) is 11.6 Å². The van der Waals surface area contributed by atoms with Crippen molar-refractivity contribution in [1.82, 2.24) is 10.2 Å². The van der Waals surface area contributed by atoms with Crippen LogP contribution in [0.15, 0.2) is 72.8 Å². The van der Waals surface area contributed by atoms with Gasteiger partial charge in [0, 0.05) is 24.0 Å². The maximum absolute atomic E-state index is 14.3. The topological polar surface area (TPSA) is 86.8 Å². The molecule has 0 saturated heterocycles. The van der Waals surface area contributed by atoms with Gasteiger partial charge in [-0.05, 0) is 61.1 Å². The number of carbonyl (C=O) groups excluding carboxylic acids is 2. The summed E-state index contributed by atoms with van der Waals surface area (Å²) in [7, 11) is -3.83. The molecule has 1 fully saturated rings. The van der Waals surface area contributed by atoms with Gasteiger partial charge in [0.2, 0.25) is 21.8 Å². The lowest BCUT2D eigenvalue weighted by Gasteiger charge is -2.35. The maximum Gasteiger partial charge on any atom is 0.244 e. The highest BCUT2D eigenvalue weighted by Gasteiger charge is 2.34. The van der Waals surface area contributed by atoms with E-state index >= 15 is 0 Å². The minimum Gasteiger partial charge on any atom is -0.352 e. The Hall–Kier alpha value is -3.36. The van der Waals surface area contributed by atoms with Crippen LogP contribution in [0.2, 0.25) is 5.02 Å². The van der Waals surface area contributed by atoms with E-state index in [9.17, 15) is 18.0 Å². The van der Waals surface area contributed by atoms with Gasteiger partial charge in [-0.2, -0.15) is 0 Å². The number of anilines is 1. The summed E-state index contributed by atoms with van der Waals surface area (Å²) in [6.45, 7) is 3.31. The molecular formula is C33H40ClN3O4S. The van der Waals surface area contributed by atoms with Gasteiger partial charge in [0.25, 0.3) is 0 Å². The second-order valence-corrected chi connectivity index (χ2v) is 13.6. The third-order valence-electron chi connectivity index (χ3n) is 7.83. The van der Waals surface area contributed by atoms with Crippen LogP contribution >= 0.6 is 11.6 Å². The van der Waals surface area contributed by atoms with E-state index in [1.165, 1.54) is 4.90 Å². The van der Waals surface area contributed by atoms with Crippen LogP contribution in [0.3, 0.4) is 0 Å². The highest BCUT2D eigenvalue weighted by molar-refractivity contribution is 7.92. The predicted octanol–water partition coefficient (Wildman–Crippen LogP) is 5.81. The summed E-state index contributed by atoms with van der Waals surface area (Å²) in [5, 5.41) is 3.73. The Bertz CT molecular complexity index is 1470. The largest absolute Gasteiger partial charge is 0.352 e. The fourth-order valence-corrected chi connectivity index (χ4v) is 6.88. The fraction of sp³-hybridized carbons (Fsp3) is 0.394. The molecule has 42 heavy (non-hydrogen) atoms. The first-order valence-electron chi connectivity index (χ1n) is 14.4. The number of aryl methyl sites for hydroxylation is 2. The first kappa shape index (κ1) is 31.6. The molecule has 9 heteroatoms. The average Bonchev–Trinajstić information content (AvgIpc) is 2.94. The number of hydrogen-bond acceptors (Lipinski definition) is 4. The highest BCUT2D eigenvalue weighted by atomic mass is 35.5. The van der Waals surface area contributed by atoms with E-state index in [0.29, 0.717) is 10.7 Å². The van der Waals surface area contributed by atoms with E-state index < -0.39 is 28.5 Å². The maximum atomic E-state index is 14.3. The number of nitrogens with zero attached hydrogens (tertiary/aromatic N) is 2. The summed E-state index contributed by atoms with van der Waals surface area (Å²) in [5.74, 6) is -0.707. The number of halogens is 1. The van der Waals surface area contributed by atoms with E-state index in [1.54, 1.807) is 18.2 Å². The minimum absolute atomic E-state index is 0.0507. The fourth-order valence-electron chi connectivity index (χ4n) is 5.71. The minimum atomic E-state index is -3.83. The van der Waals surface area contributed by atoms with Gasteiger partial charge in [0.15, 0.2) is 0 Å². The molecular weight excluding hydrogens is 570 g/mol. The Morgan fingerprint density at radius 1 is 0.905 bits per heavy atom. The van der Waals surface area contributed by atoms with Crippen molar-refractivity contribution in [3.05, 3.63) is 100 Å². The van der Waals surface area contributed by atoms with Crippen molar-refractivity contribution in [2.24, 2.45) is 0 Å². The standard InChI is InChI=1S/C33H40ClN3O4S/c1-24-12-10-13-25(2)32(24)37(42(3,40)41)23-31(38)36(22-27-16-11-17-28(34)20-27)30(21-26-14-6-4-7-15-26)33(39)35-29-18-8-5-9-19-29/h4,6-7,10-17,20,29-30H,5,8-9,18-19,21-23H2,1-3H3,(H,35,39)/t30-/m0/s1. The molecule has 3 aromatic carbocycles. The number of rotatable bonds is 11. The summed E-state index contributed by atoms with van der Waals surface area (Å²) in [6.07, 6.45) is 6.45. The SMILES string of the molecule is Cc1cccc(C)c1N(CC(=O)N(Cc1cccc(Cl)c1)[C@@H](Cc1ccccc1)C(=O)NC1CCCCC1)S(C)(=O)=O. The van der Waals surface area contributed by atoms with Crippen molar-refractivity contribution in [2.75, 3.05) is 17.1 Å². The van der Waals surface area contributed by atoms with Crippen LogP contribution < -0.4 is 9.62 Å². The lowest BCUT2D eigenvalue weighted by molar-refractivity contribution is -0.140. The number of sulfonamides is 1. The molecule has 0 unspecified atom stereocenters. The zero-order valence-electron chi connectivity index (χ0n) is 24.6. The molecule has 0 aliphatic heterocycles. The van der Waals surface area contributed by atoms with Gasteiger partial charge < -0.3 is 10.2 Å². The molecule has 0 aromatic heterocycles. The van der Waals surface area contributed by atoms with Crippen LogP contribution in [-0.2, 0) is 32.6 Å². The number of para-hydroxylation sites is 1. The second kappa shape index (κ2) is 14.2. The Balaban J connectivity index is 1.75. The molecule has 0 spiro atoms. The first-order chi connectivity index (χ1) is 20.0. The predicted molar refractivity (Wildman–Crippen MR) is 169 cm³/mol. The molecule has 1 aliphatic rings. The Morgan fingerprint density at radius 2 is 1.52 bits per heavy atom. The second-order valence-electron chi connectivity index (χ2n) is 11.2. The molecule has 0 bridgehead atoms. The molecule has 3 aromatic rings. The average molecular weight is 610 g/mol. The molecule has 4 rings (SSSR count). The van der Waals surface area contributed by atoms with Crippen LogP contribution in [-0.4, -0.2) is 50.0 Å². The summed E-state index contributed by atoms with van der Waals surface area (Å²) in [4.78, 5) is 29.9. The van der Waals surface area contributed by atoms with Gasteiger partial charge >= 0.3 is 0 Å². The number of amides is 2. The Morgan fingerprint density at radius 3 is 2.14 bits per heavy atom. The normalized spacial score (nSPS) is 14.7. The summed E-state index contributed by atoms with van der Waals surface area (Å²) in [6, 6.07) is 21.4. The quantitative estimate of drug-likeness (QED) is 0.297. The molecule has 224 valence electrons. The third kappa shape index (κ3) is 8.35. The lowest BCUT2D eigenvalue weighted by atomic mass is 9.94. The Kier molecular flexibility index (Phi) is 10.7. The van der Waals surface area contributed by atoms with Crippen molar-refractivity contribution in [2.45, 2.75) is 71.0 Å². The van der Waals surface area contributed by atoms with E-state index in [1.807, 2.05) is 68.4 Å². The summed E-state index contributed by atoms with van der Waals surface area (Å²) in [5.41, 5.74) is 3.61. The van der Waals surface area contributed by atoms with Gasteiger partial charge in [0.05, 0.1) is 11.9 Å². The van der Waals surface area contributed by atoms with Gasteiger partial charge in [0.1, 0.15) is 12.6 Å². The van der Waals surface area contributed by atoms with Gasteiger partial charge in [-0.3, -0.25) is 13.9 Å². The number of nitrogens with one attached hydrogen (secondary N) is 1. The lowest BCUT2D eigenvalue weighted by Crippen LogP contribution is -2.55. The Labute approximate surface area is 254 Å². The van der Waals surface area contributed by atoms with Crippen molar-refractivity contribution in [1.29, 1.82) is 0 Å². The first-order valence-corrected chi connectivity index (χ1v) is 16.7. The van der Waals surface area contributed by atoms with Crippen molar-refractivity contribution in [3.63, 3.8) is 0 Å². The summed E-state index contributed by atoms with van der Waals surface area (Å²) >= 11 is 6.30. The van der Waals surface area contributed by atoms with E-state index in [-0.39, 0.29) is 24.9 Å². The zero-order valence-corrected chi connectivity index (χ0v) is 26.1. The molecule has 0 radical (unpaired) electrons. The molecule has 7 nitrogen and oxygen atoms in total. The molecule has 1 N–H and O–H groups in total. The van der Waals surface area contributed by atoms with Crippen molar-refractivity contribution >= 4 is 39.1 Å². The van der Waals surface area contributed by atoms with E-state index in [0.717, 1.165) is 64.9 Å². The van der Waals surface area contributed by atoms with Gasteiger partial charge in [-0.1, -0.05) is 91.5 Å². The van der Waals surface area contributed by atoms with E-state index in [2.05, 4.69) is 5.32 Å². The smallest absolute Gasteiger partial charge is 0.244 e. The van der Waals surface area contributed by atoms with Crippen molar-refractivity contribution in [3.8, 4) is 0 Å². The molecule has 2 amide bonds. The van der Waals surface area contributed by atoms with Gasteiger partial charge in [-0.15, -0.1) is 0 Å².